The highest BCUT2D eigenvalue weighted by molar-refractivity contribution is 5.91. The van der Waals surface area contributed by atoms with Gasteiger partial charge in [-0.05, 0) is 75.5 Å². The smallest absolute Gasteiger partial charge is 0.339 e. The van der Waals surface area contributed by atoms with Gasteiger partial charge in [-0.25, -0.2) is 9.18 Å². The molecule has 0 aliphatic carbocycles. The fourth-order valence-electron chi connectivity index (χ4n) is 4.83. The molecule has 2 aromatic carbocycles. The van der Waals surface area contributed by atoms with Crippen molar-refractivity contribution in [3.05, 3.63) is 65.1 Å². The molecular formula is C27H33FN2O4. The Balaban J connectivity index is 1.36. The average molecular weight is 469 g/mol. The number of carboxylic acid groups (broad SMARTS) is 1. The molecule has 6 nitrogen and oxygen atoms in total. The van der Waals surface area contributed by atoms with Gasteiger partial charge < -0.3 is 19.1 Å². The van der Waals surface area contributed by atoms with Crippen LogP contribution in [0.25, 0.3) is 10.9 Å². The number of benzene rings is 2. The lowest BCUT2D eigenvalue weighted by Gasteiger charge is -2.31. The van der Waals surface area contributed by atoms with Crippen LogP contribution in [0.15, 0.2) is 42.6 Å². The van der Waals surface area contributed by atoms with Crippen molar-refractivity contribution in [1.82, 2.24) is 9.47 Å². The number of aromatic nitrogens is 1. The van der Waals surface area contributed by atoms with Crippen LogP contribution in [0.2, 0.25) is 0 Å². The van der Waals surface area contributed by atoms with E-state index >= 15 is 0 Å². The van der Waals surface area contributed by atoms with E-state index in [9.17, 15) is 14.3 Å². The Kier molecular flexibility index (Phi) is 7.85. The van der Waals surface area contributed by atoms with Gasteiger partial charge in [0.2, 0.25) is 0 Å². The maximum absolute atomic E-state index is 14.8. The van der Waals surface area contributed by atoms with E-state index in [1.807, 2.05) is 26.0 Å². The fourth-order valence-corrected chi connectivity index (χ4v) is 4.83. The first-order valence-corrected chi connectivity index (χ1v) is 12.0. The van der Waals surface area contributed by atoms with Gasteiger partial charge in [-0.15, -0.1) is 0 Å². The van der Waals surface area contributed by atoms with E-state index in [2.05, 4.69) is 15.7 Å². The molecule has 1 aliphatic rings. The number of aromatic carboxylic acids is 1. The first-order chi connectivity index (χ1) is 16.5. The van der Waals surface area contributed by atoms with Crippen LogP contribution in [0.5, 0.6) is 5.75 Å². The third kappa shape index (κ3) is 5.42. The largest absolute Gasteiger partial charge is 0.491 e. The molecule has 0 saturated carbocycles. The van der Waals surface area contributed by atoms with Crippen LogP contribution in [-0.4, -0.2) is 60.0 Å². The summed E-state index contributed by atoms with van der Waals surface area (Å²) in [5.74, 6) is -0.429. The number of nitrogens with zero attached hydrogens (tertiary/aromatic N) is 2. The highest BCUT2D eigenvalue weighted by atomic mass is 19.1. The van der Waals surface area contributed by atoms with Crippen molar-refractivity contribution in [2.24, 2.45) is 0 Å². The first kappa shape index (κ1) is 24.2. The number of aryl methyl sites for hydroxylation is 1. The number of piperidine rings is 1. The Morgan fingerprint density at radius 2 is 1.94 bits per heavy atom. The molecule has 2 heterocycles. The van der Waals surface area contributed by atoms with Crippen LogP contribution in [0, 0.1) is 12.7 Å². The van der Waals surface area contributed by atoms with Crippen LogP contribution in [-0.2, 0) is 11.3 Å². The predicted molar refractivity (Wildman–Crippen MR) is 130 cm³/mol. The van der Waals surface area contributed by atoms with Crippen molar-refractivity contribution >= 4 is 16.9 Å². The lowest BCUT2D eigenvalue weighted by molar-refractivity contribution is 0.0691. The van der Waals surface area contributed by atoms with Gasteiger partial charge in [-0.3, -0.25) is 4.90 Å². The molecule has 0 unspecified atom stereocenters. The van der Waals surface area contributed by atoms with E-state index in [0.29, 0.717) is 38.0 Å². The van der Waals surface area contributed by atoms with Gasteiger partial charge >= 0.3 is 5.97 Å². The standard InChI is InChI=1S/C27H33FN2O4/c1-3-33-15-14-30-18-22(26-23(28)5-4-6-24(26)30)20-9-11-29(12-10-20)13-16-34-25-8-7-19(2)17-21(25)27(31)32/h4-8,17-18,20H,3,9-16H2,1-2H3,(H,31,32). The summed E-state index contributed by atoms with van der Waals surface area (Å²) in [5.41, 5.74) is 3.10. The number of fused-ring (bicyclic) bond motifs is 1. The van der Waals surface area contributed by atoms with Gasteiger partial charge in [-0.2, -0.15) is 0 Å². The van der Waals surface area contributed by atoms with Gasteiger partial charge in [0, 0.05) is 31.3 Å². The Hall–Kier alpha value is -2.90. The van der Waals surface area contributed by atoms with Crippen molar-refractivity contribution in [2.45, 2.75) is 39.2 Å². The van der Waals surface area contributed by atoms with E-state index in [-0.39, 0.29) is 11.4 Å². The molecule has 0 amide bonds. The average Bonchev–Trinajstić information content (AvgIpc) is 3.20. The summed E-state index contributed by atoms with van der Waals surface area (Å²) >= 11 is 0. The molecule has 0 spiro atoms. The Bertz CT molecular complexity index is 1140. The highest BCUT2D eigenvalue weighted by Gasteiger charge is 2.25. The molecule has 1 saturated heterocycles. The van der Waals surface area contributed by atoms with Crippen molar-refractivity contribution in [2.75, 3.05) is 39.5 Å². The molecule has 1 aromatic heterocycles. The van der Waals surface area contributed by atoms with E-state index < -0.39 is 5.97 Å². The Morgan fingerprint density at radius 3 is 2.68 bits per heavy atom. The van der Waals surface area contributed by atoms with Crippen molar-refractivity contribution in [3.8, 4) is 5.75 Å². The Labute approximate surface area is 199 Å². The number of rotatable bonds is 10. The van der Waals surface area contributed by atoms with Crippen LogP contribution in [0.4, 0.5) is 4.39 Å². The number of ether oxygens (including phenoxy) is 2. The summed E-state index contributed by atoms with van der Waals surface area (Å²) in [5, 5.41) is 10.1. The summed E-state index contributed by atoms with van der Waals surface area (Å²) < 4.78 is 28.2. The summed E-state index contributed by atoms with van der Waals surface area (Å²) in [4.78, 5) is 13.8. The molecule has 4 rings (SSSR count). The van der Waals surface area contributed by atoms with Gasteiger partial charge in [0.05, 0.1) is 12.1 Å². The third-order valence-corrected chi connectivity index (χ3v) is 6.62. The molecule has 7 heteroatoms. The lowest BCUT2D eigenvalue weighted by atomic mass is 9.89. The fraction of sp³-hybridized carbons (Fsp3) is 0.444. The van der Waals surface area contributed by atoms with Gasteiger partial charge in [0.1, 0.15) is 23.7 Å². The molecule has 1 N–H and O–H groups in total. The maximum atomic E-state index is 14.8. The number of hydrogen-bond acceptors (Lipinski definition) is 4. The van der Waals surface area contributed by atoms with Crippen LogP contribution in [0.3, 0.4) is 0 Å². The molecular weight excluding hydrogens is 435 g/mol. The number of halogens is 1. The summed E-state index contributed by atoms with van der Waals surface area (Å²) in [6, 6.07) is 10.5. The van der Waals surface area contributed by atoms with E-state index in [4.69, 9.17) is 9.47 Å². The third-order valence-electron chi connectivity index (χ3n) is 6.62. The highest BCUT2D eigenvalue weighted by Crippen LogP contribution is 2.35. The van der Waals surface area contributed by atoms with Gasteiger partial charge in [0.15, 0.2) is 0 Å². The van der Waals surface area contributed by atoms with E-state index in [0.717, 1.165) is 54.5 Å². The minimum absolute atomic E-state index is 0.161. The molecule has 1 aliphatic heterocycles. The topological polar surface area (TPSA) is 63.9 Å². The van der Waals surface area contributed by atoms with E-state index in [1.54, 1.807) is 24.3 Å². The quantitative estimate of drug-likeness (QED) is 0.420. The first-order valence-electron chi connectivity index (χ1n) is 12.0. The van der Waals surface area contributed by atoms with E-state index in [1.165, 1.54) is 0 Å². The molecule has 3 aromatic rings. The molecule has 34 heavy (non-hydrogen) atoms. The lowest BCUT2D eigenvalue weighted by Crippen LogP contribution is -2.36. The molecule has 0 radical (unpaired) electrons. The Morgan fingerprint density at radius 1 is 1.15 bits per heavy atom. The summed E-state index contributed by atoms with van der Waals surface area (Å²) in [6.07, 6.45) is 4.01. The zero-order valence-electron chi connectivity index (χ0n) is 19.9. The minimum Gasteiger partial charge on any atom is -0.491 e. The zero-order chi connectivity index (χ0) is 24.1. The second-order valence-electron chi connectivity index (χ2n) is 8.88. The van der Waals surface area contributed by atoms with Crippen LogP contribution >= 0.6 is 0 Å². The normalized spacial score (nSPS) is 15.1. The molecule has 1 fully saturated rings. The molecule has 0 bridgehead atoms. The van der Waals surface area contributed by atoms with Gasteiger partial charge in [-0.1, -0.05) is 17.7 Å². The predicted octanol–water partition coefficient (Wildman–Crippen LogP) is 5.08. The molecule has 0 atom stereocenters. The van der Waals surface area contributed by atoms with Crippen molar-refractivity contribution in [3.63, 3.8) is 0 Å². The second-order valence-corrected chi connectivity index (χ2v) is 8.88. The van der Waals surface area contributed by atoms with Crippen molar-refractivity contribution < 1.29 is 23.8 Å². The monoisotopic (exact) mass is 468 g/mol. The van der Waals surface area contributed by atoms with Gasteiger partial charge in [0.25, 0.3) is 0 Å². The minimum atomic E-state index is -0.979. The number of likely N-dealkylation sites (tertiary alicyclic amines) is 1. The van der Waals surface area contributed by atoms with Crippen LogP contribution in [0.1, 0.15) is 47.2 Å². The SMILES string of the molecule is CCOCCn1cc(C2CCN(CCOc3ccc(C)cc3C(=O)O)CC2)c2c(F)cccc21. The molecule has 182 valence electrons. The van der Waals surface area contributed by atoms with Crippen LogP contribution < -0.4 is 4.74 Å². The van der Waals surface area contributed by atoms with Crippen molar-refractivity contribution in [1.29, 1.82) is 0 Å². The summed E-state index contributed by atoms with van der Waals surface area (Å²) in [6.45, 7) is 8.78. The second kappa shape index (κ2) is 11.0. The number of carbonyl (C=O) groups is 1. The summed E-state index contributed by atoms with van der Waals surface area (Å²) in [7, 11) is 0. The number of carboxylic acids is 1. The maximum Gasteiger partial charge on any atom is 0.339 e. The number of hydrogen-bond donors (Lipinski definition) is 1. The zero-order valence-corrected chi connectivity index (χ0v) is 19.9.